The quantitative estimate of drug-likeness (QED) is 0.149. The summed E-state index contributed by atoms with van der Waals surface area (Å²) in [6.07, 6.45) is -2.94. The fourth-order valence-corrected chi connectivity index (χ4v) is 6.42. The van der Waals surface area contributed by atoms with E-state index >= 15 is 0 Å². The first-order valence-corrected chi connectivity index (χ1v) is 18.2. The second-order valence-corrected chi connectivity index (χ2v) is 15.8. The average molecular weight is 768 g/mol. The van der Waals surface area contributed by atoms with Gasteiger partial charge < -0.3 is 25.4 Å². The molecule has 2 aromatic carbocycles. The maximum atomic E-state index is 13.2. The van der Waals surface area contributed by atoms with Gasteiger partial charge in [-0.1, -0.05) is 23.7 Å². The molecule has 2 aliphatic rings. The fourth-order valence-electron chi connectivity index (χ4n) is 4.95. The maximum Gasteiger partial charge on any atom is 0.422 e. The van der Waals surface area contributed by atoms with Gasteiger partial charge in [-0.15, -0.1) is 0 Å². The number of alkyl halides is 3. The minimum Gasteiger partial charge on any atom is -0.460 e. The molecular formula is C33H37ClF3N7O7S. The number of halogens is 4. The molecule has 5 rings (SSSR count). The summed E-state index contributed by atoms with van der Waals surface area (Å²) in [5, 5.41) is 8.37. The summed E-state index contributed by atoms with van der Waals surface area (Å²) in [5.41, 5.74) is -0.0894. The van der Waals surface area contributed by atoms with Crippen molar-refractivity contribution in [2.24, 2.45) is 0 Å². The molecule has 0 radical (unpaired) electrons. The summed E-state index contributed by atoms with van der Waals surface area (Å²) in [6.45, 7) is 3.37. The van der Waals surface area contributed by atoms with Crippen LogP contribution in [0.5, 0.6) is 6.01 Å². The van der Waals surface area contributed by atoms with Gasteiger partial charge in [0.25, 0.3) is 11.8 Å². The predicted molar refractivity (Wildman–Crippen MR) is 184 cm³/mol. The molecule has 1 aromatic heterocycles. The number of anilines is 3. The van der Waals surface area contributed by atoms with Gasteiger partial charge in [-0.2, -0.15) is 28.1 Å². The molecule has 0 saturated heterocycles. The Hall–Kier alpha value is -4.71. The van der Waals surface area contributed by atoms with Crippen LogP contribution in [-0.4, -0.2) is 70.8 Å². The molecule has 2 fully saturated rings. The van der Waals surface area contributed by atoms with E-state index in [2.05, 4.69) is 30.9 Å². The average Bonchev–Trinajstić information content (AvgIpc) is 3.97. The highest BCUT2D eigenvalue weighted by molar-refractivity contribution is 7.90. The Balaban J connectivity index is 1.29. The maximum absolute atomic E-state index is 13.2. The number of ether oxygens (including phenoxy) is 2. The van der Waals surface area contributed by atoms with Gasteiger partial charge in [0.2, 0.25) is 21.9 Å². The molecule has 1 atom stereocenters. The lowest BCUT2D eigenvalue weighted by atomic mass is 10.1. The van der Waals surface area contributed by atoms with E-state index in [-0.39, 0.29) is 30.3 Å². The third-order valence-corrected chi connectivity index (χ3v) is 9.85. The molecule has 2 aliphatic carbocycles. The number of hydrogen-bond donors (Lipinski definition) is 4. The summed E-state index contributed by atoms with van der Waals surface area (Å²) in [7, 11) is -3.94. The van der Waals surface area contributed by atoms with Crippen LogP contribution in [0.2, 0.25) is 5.02 Å². The zero-order chi connectivity index (χ0) is 37.9. The van der Waals surface area contributed by atoms with Crippen molar-refractivity contribution < 1.29 is 45.4 Å². The first kappa shape index (κ1) is 38.5. The van der Waals surface area contributed by atoms with Gasteiger partial charge in [0.15, 0.2) is 6.61 Å². The lowest BCUT2D eigenvalue weighted by Gasteiger charge is -2.21. The van der Waals surface area contributed by atoms with Crippen molar-refractivity contribution >= 4 is 57.0 Å². The topological polar surface area (TPSA) is 191 Å². The lowest BCUT2D eigenvalue weighted by Crippen LogP contribution is -2.49. The van der Waals surface area contributed by atoms with Crippen molar-refractivity contribution in [3.8, 4) is 6.01 Å². The van der Waals surface area contributed by atoms with Crippen LogP contribution in [0.25, 0.3) is 0 Å². The smallest absolute Gasteiger partial charge is 0.422 e. The van der Waals surface area contributed by atoms with Gasteiger partial charge in [-0.05, 0) is 94.8 Å². The van der Waals surface area contributed by atoms with Crippen LogP contribution in [0, 0.1) is 0 Å². The molecule has 2 saturated carbocycles. The number of carbonyl (C=O) groups is 3. The predicted octanol–water partition coefficient (Wildman–Crippen LogP) is 5.14. The molecule has 0 aliphatic heterocycles. The fraction of sp³-hybridized carbons (Fsp3) is 0.455. The molecular weight excluding hydrogens is 731 g/mol. The SMILES string of the molecule is CC(C)(C)OC(=O)CC[C@H](NC(=O)c1ccc(Nc2nc(NC3(c4ccc(Cl)cc4)CC3)nc(OCC(F)(F)F)n2)cc1)C(=O)NS(=O)(=O)C1CC1. The van der Waals surface area contributed by atoms with Crippen molar-refractivity contribution in [3.05, 3.63) is 64.7 Å². The van der Waals surface area contributed by atoms with Crippen LogP contribution in [0.4, 0.5) is 30.8 Å². The van der Waals surface area contributed by atoms with Crippen LogP contribution >= 0.6 is 11.6 Å². The summed E-state index contributed by atoms with van der Waals surface area (Å²) < 4.78 is 75.8. The third kappa shape index (κ3) is 11.1. The van der Waals surface area contributed by atoms with E-state index in [1.54, 1.807) is 32.9 Å². The third-order valence-electron chi connectivity index (χ3n) is 7.77. The number of carbonyl (C=O) groups excluding carboxylic acids is 3. The monoisotopic (exact) mass is 767 g/mol. The summed E-state index contributed by atoms with van der Waals surface area (Å²) in [5.74, 6) is -2.58. The van der Waals surface area contributed by atoms with Gasteiger partial charge in [-0.25, -0.2) is 8.42 Å². The van der Waals surface area contributed by atoms with Crippen LogP contribution in [0.15, 0.2) is 48.5 Å². The Kier molecular flexibility index (Phi) is 11.2. The zero-order valence-electron chi connectivity index (χ0n) is 28.3. The van der Waals surface area contributed by atoms with Gasteiger partial charge in [0.1, 0.15) is 11.6 Å². The number of hydrogen-bond acceptors (Lipinski definition) is 12. The van der Waals surface area contributed by atoms with Crippen molar-refractivity contribution in [2.75, 3.05) is 17.2 Å². The van der Waals surface area contributed by atoms with Crippen molar-refractivity contribution in [1.82, 2.24) is 25.0 Å². The molecule has 14 nitrogen and oxygen atoms in total. The summed E-state index contributed by atoms with van der Waals surface area (Å²) in [4.78, 5) is 50.8. The molecule has 3 aromatic rings. The van der Waals surface area contributed by atoms with Crippen LogP contribution < -0.4 is 25.4 Å². The molecule has 19 heteroatoms. The molecule has 0 spiro atoms. The van der Waals surface area contributed by atoms with Gasteiger partial charge in [-0.3, -0.25) is 19.1 Å². The van der Waals surface area contributed by atoms with E-state index in [1.165, 1.54) is 24.3 Å². The Morgan fingerprint density at radius 3 is 2.17 bits per heavy atom. The highest BCUT2D eigenvalue weighted by atomic mass is 35.5. The molecule has 52 heavy (non-hydrogen) atoms. The number of rotatable bonds is 15. The van der Waals surface area contributed by atoms with Crippen LogP contribution in [0.1, 0.15) is 75.2 Å². The minimum atomic E-state index is -4.65. The Morgan fingerprint density at radius 2 is 1.60 bits per heavy atom. The zero-order valence-corrected chi connectivity index (χ0v) is 29.9. The Morgan fingerprint density at radius 1 is 0.962 bits per heavy atom. The molecule has 0 bridgehead atoms. The normalized spacial score (nSPS) is 15.9. The van der Waals surface area contributed by atoms with Gasteiger partial charge >= 0.3 is 18.2 Å². The van der Waals surface area contributed by atoms with E-state index in [4.69, 9.17) is 21.1 Å². The van der Waals surface area contributed by atoms with E-state index in [0.29, 0.717) is 36.4 Å². The van der Waals surface area contributed by atoms with Crippen molar-refractivity contribution in [1.29, 1.82) is 0 Å². The number of sulfonamides is 1. The molecule has 4 N–H and O–H groups in total. The first-order valence-electron chi connectivity index (χ1n) is 16.2. The Labute approximate surface area is 302 Å². The second-order valence-electron chi connectivity index (χ2n) is 13.4. The number of benzene rings is 2. The first-order chi connectivity index (χ1) is 24.3. The number of amides is 2. The highest BCUT2D eigenvalue weighted by Crippen LogP contribution is 2.48. The number of nitrogens with one attached hydrogen (secondary N) is 4. The number of esters is 1. The van der Waals surface area contributed by atoms with E-state index in [0.717, 1.165) is 5.56 Å². The van der Waals surface area contributed by atoms with Crippen molar-refractivity contribution in [3.63, 3.8) is 0 Å². The standard InChI is InChI=1S/C33H37ClF3N7O7S/c1-31(2,3)51-25(45)15-14-24(27(47)44-52(48,49)23-12-13-23)39-26(46)19-4-10-22(11-5-19)38-28-40-29(42-30(41-28)50-18-33(35,36)37)43-32(16-17-32)20-6-8-21(34)9-7-20/h4-11,23-24H,12-18H2,1-3H3,(H,39,46)(H,44,47)(H2,38,40,41,42,43)/t24-/m0/s1. The molecule has 0 unspecified atom stereocenters. The van der Waals surface area contributed by atoms with Gasteiger partial charge in [0.05, 0.1) is 10.8 Å². The lowest BCUT2D eigenvalue weighted by molar-refractivity contribution is -0.155. The highest BCUT2D eigenvalue weighted by Gasteiger charge is 2.45. The molecule has 1 heterocycles. The van der Waals surface area contributed by atoms with E-state index in [9.17, 15) is 36.0 Å². The molecule has 2 amide bonds. The minimum absolute atomic E-state index is 0.0440. The number of aromatic nitrogens is 3. The molecule has 280 valence electrons. The van der Waals surface area contributed by atoms with E-state index < -0.39 is 69.0 Å². The van der Waals surface area contributed by atoms with Gasteiger partial charge in [0, 0.05) is 22.7 Å². The van der Waals surface area contributed by atoms with Crippen LogP contribution in [0.3, 0.4) is 0 Å². The van der Waals surface area contributed by atoms with Crippen LogP contribution in [-0.2, 0) is 29.9 Å². The Bertz CT molecular complexity index is 1900. The van der Waals surface area contributed by atoms with E-state index in [1.807, 2.05) is 16.9 Å². The largest absolute Gasteiger partial charge is 0.460 e. The summed E-state index contributed by atoms with van der Waals surface area (Å²) >= 11 is 6.02. The summed E-state index contributed by atoms with van der Waals surface area (Å²) in [6, 6.07) is 10.8. The second kappa shape index (κ2) is 15.1. The van der Waals surface area contributed by atoms with Crippen molar-refractivity contribution in [2.45, 2.75) is 87.9 Å². The number of nitrogens with zero attached hydrogens (tertiary/aromatic N) is 3.